The van der Waals surface area contributed by atoms with Crippen molar-refractivity contribution in [1.29, 1.82) is 0 Å². The predicted molar refractivity (Wildman–Crippen MR) is 135 cm³/mol. The van der Waals surface area contributed by atoms with Gasteiger partial charge < -0.3 is 5.32 Å². The maximum absolute atomic E-state index is 12.7. The van der Waals surface area contributed by atoms with Crippen LogP contribution in [-0.4, -0.2) is 29.4 Å². The zero-order valence-electron chi connectivity index (χ0n) is 19.3. The molecule has 0 aliphatic heterocycles. The van der Waals surface area contributed by atoms with Crippen molar-refractivity contribution in [2.24, 2.45) is 5.41 Å². The van der Waals surface area contributed by atoms with Gasteiger partial charge in [-0.1, -0.05) is 55.5 Å². The maximum Gasteiger partial charge on any atom is 0.269 e. The van der Waals surface area contributed by atoms with Crippen LogP contribution in [-0.2, 0) is 10.0 Å². The van der Waals surface area contributed by atoms with Crippen molar-refractivity contribution in [2.75, 3.05) is 10.0 Å². The first-order chi connectivity index (χ1) is 16.7. The van der Waals surface area contributed by atoms with E-state index in [-0.39, 0.29) is 33.8 Å². The van der Waals surface area contributed by atoms with Gasteiger partial charge in [0.15, 0.2) is 0 Å². The normalized spacial score (nSPS) is 18.4. The first kappa shape index (κ1) is 24.1. The van der Waals surface area contributed by atoms with E-state index in [1.807, 2.05) is 25.1 Å². The second-order valence-corrected chi connectivity index (χ2v) is 10.2. The molecule has 35 heavy (non-hydrogen) atoms. The molecular formula is C25H25N5O4S. The van der Waals surface area contributed by atoms with E-state index < -0.39 is 14.9 Å². The molecule has 0 bridgehead atoms. The summed E-state index contributed by atoms with van der Waals surface area (Å²) >= 11 is 0. The van der Waals surface area contributed by atoms with Gasteiger partial charge in [0.2, 0.25) is 5.95 Å². The molecule has 10 heteroatoms. The Labute approximate surface area is 203 Å². The van der Waals surface area contributed by atoms with Gasteiger partial charge in [0.25, 0.3) is 15.7 Å². The molecule has 9 nitrogen and oxygen atoms in total. The average molecular weight is 492 g/mol. The SMILES string of the molecule is CC(Nc1nccc(NS(=O)(=O)c2ccc([N+](=O)[O-])cc2)n1)C1(C)C=CC(c2ccccc2)=CC1. The summed E-state index contributed by atoms with van der Waals surface area (Å²) in [6, 6.07) is 16.2. The Hall–Kier alpha value is -4.05. The highest BCUT2D eigenvalue weighted by atomic mass is 32.2. The highest BCUT2D eigenvalue weighted by Gasteiger charge is 2.30. The van der Waals surface area contributed by atoms with Crippen LogP contribution in [0.4, 0.5) is 17.5 Å². The molecule has 2 N–H and O–H groups in total. The molecule has 180 valence electrons. The monoisotopic (exact) mass is 491 g/mol. The predicted octanol–water partition coefficient (Wildman–Crippen LogP) is 5.04. The Morgan fingerprint density at radius 3 is 2.43 bits per heavy atom. The van der Waals surface area contributed by atoms with Crippen LogP contribution in [0.5, 0.6) is 0 Å². The van der Waals surface area contributed by atoms with E-state index >= 15 is 0 Å². The van der Waals surface area contributed by atoms with Crippen molar-refractivity contribution >= 4 is 33.0 Å². The summed E-state index contributed by atoms with van der Waals surface area (Å²) in [6.07, 6.45) is 8.78. The third kappa shape index (κ3) is 5.55. The minimum atomic E-state index is -3.98. The van der Waals surface area contributed by atoms with Crippen molar-refractivity contribution in [3.05, 3.63) is 101 Å². The average Bonchev–Trinajstić information content (AvgIpc) is 2.85. The molecule has 2 unspecified atom stereocenters. The minimum absolute atomic E-state index is 0.0474. The Morgan fingerprint density at radius 2 is 1.80 bits per heavy atom. The van der Waals surface area contributed by atoms with E-state index in [9.17, 15) is 18.5 Å². The first-order valence-corrected chi connectivity index (χ1v) is 12.5. The van der Waals surface area contributed by atoms with E-state index in [1.165, 1.54) is 35.5 Å². The number of rotatable bonds is 8. The molecule has 0 saturated heterocycles. The largest absolute Gasteiger partial charge is 0.351 e. The topological polar surface area (TPSA) is 127 Å². The third-order valence-corrected chi connectivity index (χ3v) is 7.47. The van der Waals surface area contributed by atoms with Crippen molar-refractivity contribution in [1.82, 2.24) is 9.97 Å². The van der Waals surface area contributed by atoms with E-state index in [1.54, 1.807) is 0 Å². The fraction of sp³-hybridized carbons (Fsp3) is 0.200. The molecule has 1 aromatic heterocycles. The van der Waals surface area contributed by atoms with Gasteiger partial charge in [0.05, 0.1) is 9.82 Å². The number of hydrogen-bond donors (Lipinski definition) is 2. The van der Waals surface area contributed by atoms with Crippen LogP contribution in [0.15, 0.2) is 90.0 Å². The van der Waals surface area contributed by atoms with Crippen LogP contribution in [0.2, 0.25) is 0 Å². The summed E-state index contributed by atoms with van der Waals surface area (Å²) < 4.78 is 27.8. The third-order valence-electron chi connectivity index (χ3n) is 6.10. The molecule has 3 aromatic rings. The molecular weight excluding hydrogens is 466 g/mol. The van der Waals surface area contributed by atoms with Crippen LogP contribution >= 0.6 is 0 Å². The van der Waals surface area contributed by atoms with E-state index in [2.05, 4.69) is 57.3 Å². The molecule has 0 spiro atoms. The Balaban J connectivity index is 1.44. The summed E-state index contributed by atoms with van der Waals surface area (Å²) in [5.41, 5.74) is 1.95. The van der Waals surface area contributed by atoms with Gasteiger partial charge >= 0.3 is 0 Å². The number of nitrogens with zero attached hydrogens (tertiary/aromatic N) is 3. The standard InChI is InChI=1S/C25H25N5O4S/c1-18(25(2)15-12-20(13-16-25)19-6-4-3-5-7-19)27-24-26-17-14-23(28-24)29-35(33,34)22-10-8-21(9-11-22)30(31)32/h3-15,17-18H,16H2,1-2H3,(H2,26,27,28,29). The van der Waals surface area contributed by atoms with Gasteiger partial charge in [0.1, 0.15) is 5.82 Å². The summed E-state index contributed by atoms with van der Waals surface area (Å²) in [4.78, 5) is 18.6. The fourth-order valence-corrected chi connectivity index (χ4v) is 4.70. The van der Waals surface area contributed by atoms with E-state index in [0.717, 1.165) is 18.6 Å². The summed E-state index contributed by atoms with van der Waals surface area (Å²) in [5, 5.41) is 14.1. The zero-order chi connectivity index (χ0) is 25.1. The fourth-order valence-electron chi connectivity index (χ4n) is 3.70. The number of sulfonamides is 1. The van der Waals surface area contributed by atoms with Gasteiger partial charge in [0, 0.05) is 29.8 Å². The number of nitrogens with one attached hydrogen (secondary N) is 2. The molecule has 1 aliphatic rings. The summed E-state index contributed by atoms with van der Waals surface area (Å²) in [5.74, 6) is 0.373. The van der Waals surface area contributed by atoms with Crippen LogP contribution in [0, 0.1) is 15.5 Å². The quantitative estimate of drug-likeness (QED) is 0.334. The number of allylic oxidation sites excluding steroid dienone is 3. The number of non-ortho nitro benzene ring substituents is 1. The molecule has 4 rings (SSSR count). The first-order valence-electron chi connectivity index (χ1n) is 11.0. The highest BCUT2D eigenvalue weighted by Crippen LogP contribution is 2.36. The van der Waals surface area contributed by atoms with E-state index in [4.69, 9.17) is 0 Å². The van der Waals surface area contributed by atoms with Crippen molar-refractivity contribution in [2.45, 2.75) is 31.2 Å². The molecule has 0 radical (unpaired) electrons. The van der Waals surface area contributed by atoms with Gasteiger partial charge in [-0.3, -0.25) is 14.8 Å². The number of hydrogen-bond acceptors (Lipinski definition) is 7. The number of anilines is 2. The lowest BCUT2D eigenvalue weighted by Gasteiger charge is -2.35. The molecule has 0 saturated carbocycles. The maximum atomic E-state index is 12.7. The van der Waals surface area contributed by atoms with Gasteiger partial charge in [-0.25, -0.2) is 13.4 Å². The number of nitro groups is 1. The molecule has 0 fully saturated rings. The Bertz CT molecular complexity index is 1390. The second-order valence-electron chi connectivity index (χ2n) is 8.56. The van der Waals surface area contributed by atoms with Crippen molar-refractivity contribution in [3.63, 3.8) is 0 Å². The van der Waals surface area contributed by atoms with Crippen LogP contribution < -0.4 is 10.0 Å². The van der Waals surface area contributed by atoms with Gasteiger partial charge in [-0.05, 0) is 42.7 Å². The molecule has 1 aliphatic carbocycles. The number of nitro benzene ring substituents is 1. The van der Waals surface area contributed by atoms with Gasteiger partial charge in [-0.15, -0.1) is 0 Å². The number of benzene rings is 2. The van der Waals surface area contributed by atoms with Crippen molar-refractivity contribution in [3.8, 4) is 0 Å². The summed E-state index contributed by atoms with van der Waals surface area (Å²) in [7, 11) is -3.98. The Kier molecular flexibility index (Phi) is 6.65. The van der Waals surface area contributed by atoms with Gasteiger partial charge in [-0.2, -0.15) is 4.98 Å². The second kappa shape index (κ2) is 9.67. The highest BCUT2D eigenvalue weighted by molar-refractivity contribution is 7.92. The summed E-state index contributed by atoms with van der Waals surface area (Å²) in [6.45, 7) is 4.17. The van der Waals surface area contributed by atoms with Crippen LogP contribution in [0.3, 0.4) is 0 Å². The molecule has 2 aromatic carbocycles. The zero-order valence-corrected chi connectivity index (χ0v) is 20.1. The molecule has 2 atom stereocenters. The Morgan fingerprint density at radius 1 is 1.09 bits per heavy atom. The molecule has 1 heterocycles. The van der Waals surface area contributed by atoms with Crippen LogP contribution in [0.1, 0.15) is 25.8 Å². The lowest BCUT2D eigenvalue weighted by molar-refractivity contribution is -0.384. The van der Waals surface area contributed by atoms with Crippen LogP contribution in [0.25, 0.3) is 5.57 Å². The lowest BCUT2D eigenvalue weighted by atomic mass is 9.75. The minimum Gasteiger partial charge on any atom is -0.351 e. The lowest BCUT2D eigenvalue weighted by Crippen LogP contribution is -2.35. The van der Waals surface area contributed by atoms with E-state index in [0.29, 0.717) is 0 Å². The molecule has 0 amide bonds. The van der Waals surface area contributed by atoms with Crippen molar-refractivity contribution < 1.29 is 13.3 Å². The number of aromatic nitrogens is 2. The smallest absolute Gasteiger partial charge is 0.269 e.